The predicted octanol–water partition coefficient (Wildman–Crippen LogP) is 4.18. The first-order valence-electron chi connectivity index (χ1n) is 13.9. The average molecular weight is 551 g/mol. The first kappa shape index (κ1) is 28.0. The number of carbonyl (C=O) groups is 3. The Balaban J connectivity index is 1.37. The smallest absolute Gasteiger partial charge is 0.317 e. The highest BCUT2D eigenvalue weighted by atomic mass is 16.4. The molecule has 0 aliphatic carbocycles. The number of amides is 1. The van der Waals surface area contributed by atoms with Crippen molar-refractivity contribution in [3.05, 3.63) is 108 Å². The summed E-state index contributed by atoms with van der Waals surface area (Å²) in [5, 5.41) is 14.3. The number of anilines is 1. The van der Waals surface area contributed by atoms with E-state index in [4.69, 9.17) is 5.73 Å². The summed E-state index contributed by atoms with van der Waals surface area (Å²) in [6.45, 7) is 0.0834. The zero-order valence-corrected chi connectivity index (χ0v) is 22.8. The molecule has 0 saturated carbocycles. The SMILES string of the molecule is Nc1nccc2cc(CCC(=O)[C@@H]3CCCN3C(=O)[C@H](NCC(=O)O)C(c3ccccc3)c3ccccc3)ccc12. The molecule has 4 aromatic rings. The number of pyridine rings is 1. The van der Waals surface area contributed by atoms with Gasteiger partial charge in [0, 0.05) is 30.5 Å². The van der Waals surface area contributed by atoms with Gasteiger partial charge in [0.15, 0.2) is 5.78 Å². The second-order valence-corrected chi connectivity index (χ2v) is 10.5. The number of carbonyl (C=O) groups excluding carboxylic acids is 2. The molecule has 0 spiro atoms. The fourth-order valence-electron chi connectivity index (χ4n) is 5.83. The minimum atomic E-state index is -1.05. The maximum Gasteiger partial charge on any atom is 0.317 e. The van der Waals surface area contributed by atoms with Crippen LogP contribution in [0.25, 0.3) is 10.8 Å². The van der Waals surface area contributed by atoms with Crippen LogP contribution in [0.2, 0.25) is 0 Å². The molecule has 0 radical (unpaired) electrons. The summed E-state index contributed by atoms with van der Waals surface area (Å²) >= 11 is 0. The van der Waals surface area contributed by atoms with Crippen molar-refractivity contribution in [1.29, 1.82) is 0 Å². The number of nitrogens with zero attached hydrogens (tertiary/aromatic N) is 2. The molecule has 1 amide bonds. The molecule has 5 rings (SSSR count). The van der Waals surface area contributed by atoms with E-state index in [9.17, 15) is 19.5 Å². The van der Waals surface area contributed by atoms with E-state index in [0.29, 0.717) is 31.6 Å². The molecule has 1 aliphatic heterocycles. The Morgan fingerprint density at radius 2 is 1.66 bits per heavy atom. The molecule has 4 N–H and O–H groups in total. The lowest BCUT2D eigenvalue weighted by Crippen LogP contribution is -2.53. The standard InChI is InChI=1S/C33H34N4O4/c34-32-26-15-13-22(20-25(26)17-18-35-32)14-16-28(38)27-12-7-19-37(27)33(41)31(36-21-29(39)40)30(23-8-3-1-4-9-23)24-10-5-2-6-11-24/h1-6,8-11,13,15,17-18,20,27,30-31,36H,7,12,14,16,19,21H2,(H2,34,35)(H,39,40)/t27-,31+/m0/s1. The molecule has 2 heterocycles. The van der Waals surface area contributed by atoms with Gasteiger partial charge in [-0.3, -0.25) is 19.7 Å². The van der Waals surface area contributed by atoms with Crippen molar-refractivity contribution >= 4 is 34.3 Å². The normalized spacial score (nSPS) is 15.7. The zero-order chi connectivity index (χ0) is 28.8. The monoisotopic (exact) mass is 550 g/mol. The van der Waals surface area contributed by atoms with Crippen molar-refractivity contribution in [3.63, 3.8) is 0 Å². The van der Waals surface area contributed by atoms with E-state index in [2.05, 4.69) is 10.3 Å². The van der Waals surface area contributed by atoms with Crippen LogP contribution >= 0.6 is 0 Å². The number of nitrogens with two attached hydrogens (primary N) is 1. The quantitative estimate of drug-likeness (QED) is 0.256. The molecule has 0 bridgehead atoms. The fourth-order valence-corrected chi connectivity index (χ4v) is 5.83. The van der Waals surface area contributed by atoms with E-state index < -0.39 is 24.0 Å². The summed E-state index contributed by atoms with van der Waals surface area (Å²) in [4.78, 5) is 45.1. The Bertz CT molecular complexity index is 1490. The number of aliphatic carboxylic acids is 1. The summed E-state index contributed by atoms with van der Waals surface area (Å²) in [6.07, 6.45) is 3.83. The van der Waals surface area contributed by atoms with E-state index in [-0.39, 0.29) is 18.2 Å². The highest BCUT2D eigenvalue weighted by Gasteiger charge is 2.40. The van der Waals surface area contributed by atoms with Gasteiger partial charge in [0.25, 0.3) is 0 Å². The predicted molar refractivity (Wildman–Crippen MR) is 158 cm³/mol. The van der Waals surface area contributed by atoms with Crippen LogP contribution in [0.5, 0.6) is 0 Å². The Morgan fingerprint density at radius 3 is 2.32 bits per heavy atom. The number of hydrogen-bond donors (Lipinski definition) is 3. The molecule has 0 unspecified atom stereocenters. The average Bonchev–Trinajstić information content (AvgIpc) is 3.49. The molecule has 210 valence electrons. The van der Waals surface area contributed by atoms with Gasteiger partial charge >= 0.3 is 5.97 Å². The Morgan fingerprint density at radius 1 is 0.976 bits per heavy atom. The van der Waals surface area contributed by atoms with Gasteiger partial charge in [-0.05, 0) is 47.4 Å². The molecular formula is C33H34N4O4. The number of aryl methyl sites for hydroxylation is 1. The number of likely N-dealkylation sites (tertiary alicyclic amines) is 1. The van der Waals surface area contributed by atoms with E-state index in [0.717, 1.165) is 33.9 Å². The van der Waals surface area contributed by atoms with Gasteiger partial charge < -0.3 is 15.7 Å². The molecule has 2 atom stereocenters. The van der Waals surface area contributed by atoms with E-state index in [1.165, 1.54) is 0 Å². The first-order valence-corrected chi connectivity index (χ1v) is 13.9. The summed E-state index contributed by atoms with van der Waals surface area (Å²) in [7, 11) is 0. The Kier molecular flexibility index (Phi) is 8.70. The van der Waals surface area contributed by atoms with Crippen LogP contribution in [-0.4, -0.2) is 57.8 Å². The second kappa shape index (κ2) is 12.7. The summed E-state index contributed by atoms with van der Waals surface area (Å²) in [5.74, 6) is -1.25. The van der Waals surface area contributed by atoms with E-state index >= 15 is 0 Å². The van der Waals surface area contributed by atoms with Gasteiger partial charge in [-0.15, -0.1) is 0 Å². The van der Waals surface area contributed by atoms with Crippen molar-refractivity contribution in [2.24, 2.45) is 0 Å². The number of carboxylic acid groups (broad SMARTS) is 1. The topological polar surface area (TPSA) is 126 Å². The number of ketones is 1. The lowest BCUT2D eigenvalue weighted by atomic mass is 9.84. The van der Waals surface area contributed by atoms with Crippen molar-refractivity contribution < 1.29 is 19.5 Å². The van der Waals surface area contributed by atoms with Crippen molar-refractivity contribution in [3.8, 4) is 0 Å². The number of rotatable bonds is 11. The molecule has 3 aromatic carbocycles. The minimum Gasteiger partial charge on any atom is -0.480 e. The molecule has 1 fully saturated rings. The van der Waals surface area contributed by atoms with Crippen LogP contribution < -0.4 is 11.1 Å². The highest BCUT2D eigenvalue weighted by molar-refractivity contribution is 5.93. The number of fused-ring (bicyclic) bond motifs is 1. The van der Waals surface area contributed by atoms with Gasteiger partial charge in [-0.1, -0.05) is 78.9 Å². The largest absolute Gasteiger partial charge is 0.480 e. The number of nitrogens with one attached hydrogen (secondary N) is 1. The van der Waals surface area contributed by atoms with Crippen molar-refractivity contribution in [2.45, 2.75) is 43.7 Å². The Labute approximate surface area is 239 Å². The molecule has 1 saturated heterocycles. The van der Waals surface area contributed by atoms with Gasteiger partial charge in [-0.25, -0.2) is 4.98 Å². The number of benzene rings is 3. The van der Waals surface area contributed by atoms with Crippen molar-refractivity contribution in [2.75, 3.05) is 18.8 Å². The third-order valence-corrected chi connectivity index (χ3v) is 7.82. The summed E-state index contributed by atoms with van der Waals surface area (Å²) < 4.78 is 0. The number of Topliss-reactive ketones (excluding diaryl/α,β-unsaturated/α-hetero) is 1. The number of aromatic nitrogens is 1. The van der Waals surface area contributed by atoms with E-state index in [1.807, 2.05) is 84.9 Å². The number of carboxylic acids is 1. The van der Waals surface area contributed by atoms with Crippen LogP contribution in [0.4, 0.5) is 5.82 Å². The van der Waals surface area contributed by atoms with Crippen LogP contribution in [-0.2, 0) is 20.8 Å². The van der Waals surface area contributed by atoms with Crippen LogP contribution in [0, 0.1) is 0 Å². The zero-order valence-electron chi connectivity index (χ0n) is 22.8. The third-order valence-electron chi connectivity index (χ3n) is 7.82. The molecule has 8 nitrogen and oxygen atoms in total. The van der Waals surface area contributed by atoms with Gasteiger partial charge in [0.05, 0.1) is 18.6 Å². The molecule has 1 aromatic heterocycles. The van der Waals surface area contributed by atoms with E-state index in [1.54, 1.807) is 11.1 Å². The molecular weight excluding hydrogens is 516 g/mol. The molecule has 8 heteroatoms. The first-order chi connectivity index (χ1) is 19.9. The number of nitrogen functional groups attached to an aromatic ring is 1. The summed E-state index contributed by atoms with van der Waals surface area (Å²) in [5.41, 5.74) is 8.77. The maximum atomic E-state index is 14.2. The van der Waals surface area contributed by atoms with Gasteiger partial charge in [-0.2, -0.15) is 0 Å². The second-order valence-electron chi connectivity index (χ2n) is 10.5. The molecule has 41 heavy (non-hydrogen) atoms. The van der Waals surface area contributed by atoms with Crippen LogP contribution in [0.3, 0.4) is 0 Å². The van der Waals surface area contributed by atoms with Crippen LogP contribution in [0.15, 0.2) is 91.1 Å². The Hall–Kier alpha value is -4.56. The fraction of sp³-hybridized carbons (Fsp3) is 0.273. The van der Waals surface area contributed by atoms with Gasteiger partial charge in [0.2, 0.25) is 5.91 Å². The summed E-state index contributed by atoms with van der Waals surface area (Å²) in [6, 6.07) is 25.6. The van der Waals surface area contributed by atoms with Crippen LogP contribution in [0.1, 0.15) is 41.9 Å². The number of hydrogen-bond acceptors (Lipinski definition) is 6. The van der Waals surface area contributed by atoms with Crippen molar-refractivity contribution in [1.82, 2.24) is 15.2 Å². The van der Waals surface area contributed by atoms with Gasteiger partial charge in [0.1, 0.15) is 5.82 Å². The third kappa shape index (κ3) is 6.44. The maximum absolute atomic E-state index is 14.2. The minimum absolute atomic E-state index is 0.0122. The lowest BCUT2D eigenvalue weighted by Gasteiger charge is -2.33. The highest BCUT2D eigenvalue weighted by Crippen LogP contribution is 2.31. The molecule has 1 aliphatic rings. The lowest BCUT2D eigenvalue weighted by molar-refractivity contribution is -0.140.